The molecule has 2 aromatic carbocycles. The van der Waals surface area contributed by atoms with Crippen LogP contribution in [0.4, 0.5) is 5.69 Å². The summed E-state index contributed by atoms with van der Waals surface area (Å²) in [6, 6.07) is 20.0. The standard InChI is InChI=1S/C20H23N3O/c1-23(13-4-14-24-19-11-8-17(21)9-12-19)15-18-10-7-16-5-2-3-6-20(16)22-18/h2-3,5-12H,4,13-15,21H2,1H3. The van der Waals surface area contributed by atoms with Crippen LogP contribution in [-0.2, 0) is 6.54 Å². The number of ether oxygens (including phenoxy) is 1. The molecule has 0 aliphatic heterocycles. The van der Waals surface area contributed by atoms with E-state index in [9.17, 15) is 0 Å². The Bertz CT molecular complexity index is 786. The molecule has 0 unspecified atom stereocenters. The number of nitrogens with zero attached hydrogens (tertiary/aromatic N) is 2. The van der Waals surface area contributed by atoms with Gasteiger partial charge in [-0.05, 0) is 49.9 Å². The Labute approximate surface area is 142 Å². The smallest absolute Gasteiger partial charge is 0.119 e. The van der Waals surface area contributed by atoms with Crippen LogP contribution >= 0.6 is 0 Å². The third-order valence-electron chi connectivity index (χ3n) is 3.92. The minimum Gasteiger partial charge on any atom is -0.494 e. The van der Waals surface area contributed by atoms with Crippen LogP contribution in [0, 0.1) is 0 Å². The lowest BCUT2D eigenvalue weighted by Gasteiger charge is -2.16. The summed E-state index contributed by atoms with van der Waals surface area (Å²) in [5, 5.41) is 1.18. The van der Waals surface area contributed by atoms with E-state index in [0.29, 0.717) is 6.61 Å². The predicted octanol–water partition coefficient (Wildman–Crippen LogP) is 3.72. The van der Waals surface area contributed by atoms with E-state index < -0.39 is 0 Å². The van der Waals surface area contributed by atoms with Crippen LogP contribution in [0.15, 0.2) is 60.7 Å². The molecule has 0 fully saturated rings. The molecule has 0 aliphatic rings. The zero-order valence-electron chi connectivity index (χ0n) is 14.0. The highest BCUT2D eigenvalue weighted by atomic mass is 16.5. The number of pyridine rings is 1. The first kappa shape index (κ1) is 16.3. The Morgan fingerprint density at radius 1 is 1.00 bits per heavy atom. The molecule has 0 aliphatic carbocycles. The highest BCUT2D eigenvalue weighted by Gasteiger charge is 2.03. The van der Waals surface area contributed by atoms with Gasteiger partial charge in [-0.15, -0.1) is 0 Å². The summed E-state index contributed by atoms with van der Waals surface area (Å²) in [4.78, 5) is 6.98. The van der Waals surface area contributed by atoms with Crippen molar-refractivity contribution in [1.82, 2.24) is 9.88 Å². The van der Waals surface area contributed by atoms with Crippen molar-refractivity contribution in [2.24, 2.45) is 0 Å². The SMILES string of the molecule is CN(CCCOc1ccc(N)cc1)Cc1ccc2ccccc2n1. The molecule has 0 radical (unpaired) electrons. The predicted molar refractivity (Wildman–Crippen MR) is 99.0 cm³/mol. The van der Waals surface area contributed by atoms with Crippen molar-refractivity contribution in [2.45, 2.75) is 13.0 Å². The van der Waals surface area contributed by atoms with Crippen molar-refractivity contribution in [3.05, 3.63) is 66.4 Å². The number of nitrogen functional groups attached to an aromatic ring is 1. The summed E-state index contributed by atoms with van der Waals surface area (Å²) in [6.45, 7) is 2.50. The molecule has 2 N–H and O–H groups in total. The fourth-order valence-electron chi connectivity index (χ4n) is 2.64. The topological polar surface area (TPSA) is 51.4 Å². The zero-order chi connectivity index (χ0) is 16.8. The van der Waals surface area contributed by atoms with Gasteiger partial charge in [0.05, 0.1) is 17.8 Å². The quantitative estimate of drug-likeness (QED) is 0.532. The van der Waals surface area contributed by atoms with E-state index >= 15 is 0 Å². The molecule has 4 nitrogen and oxygen atoms in total. The first-order valence-electron chi connectivity index (χ1n) is 8.22. The molecular formula is C20H23N3O. The van der Waals surface area contributed by atoms with Gasteiger partial charge in [-0.3, -0.25) is 4.98 Å². The van der Waals surface area contributed by atoms with Crippen molar-refractivity contribution in [1.29, 1.82) is 0 Å². The second-order valence-electron chi connectivity index (χ2n) is 6.00. The van der Waals surface area contributed by atoms with Gasteiger partial charge in [-0.2, -0.15) is 0 Å². The monoisotopic (exact) mass is 321 g/mol. The van der Waals surface area contributed by atoms with Gasteiger partial charge in [0.2, 0.25) is 0 Å². The first-order chi connectivity index (χ1) is 11.7. The van der Waals surface area contributed by atoms with E-state index in [4.69, 9.17) is 15.5 Å². The lowest BCUT2D eigenvalue weighted by molar-refractivity contribution is 0.257. The first-order valence-corrected chi connectivity index (χ1v) is 8.22. The van der Waals surface area contributed by atoms with Crippen LogP contribution in [-0.4, -0.2) is 30.1 Å². The van der Waals surface area contributed by atoms with Gasteiger partial charge < -0.3 is 15.4 Å². The molecule has 0 amide bonds. The van der Waals surface area contributed by atoms with Crippen molar-refractivity contribution in [3.8, 4) is 5.75 Å². The van der Waals surface area contributed by atoms with E-state index in [0.717, 1.165) is 42.2 Å². The Morgan fingerprint density at radius 3 is 2.62 bits per heavy atom. The summed E-state index contributed by atoms with van der Waals surface area (Å²) >= 11 is 0. The molecule has 0 atom stereocenters. The summed E-state index contributed by atoms with van der Waals surface area (Å²) in [7, 11) is 2.11. The number of para-hydroxylation sites is 1. The Kier molecular flexibility index (Phi) is 5.29. The van der Waals surface area contributed by atoms with Gasteiger partial charge in [0, 0.05) is 24.2 Å². The van der Waals surface area contributed by atoms with Crippen LogP contribution in [0.2, 0.25) is 0 Å². The molecule has 24 heavy (non-hydrogen) atoms. The van der Waals surface area contributed by atoms with Gasteiger partial charge in [0.1, 0.15) is 5.75 Å². The number of rotatable bonds is 7. The number of hydrogen-bond donors (Lipinski definition) is 1. The van der Waals surface area contributed by atoms with E-state index in [1.54, 1.807) is 0 Å². The average molecular weight is 321 g/mol. The number of anilines is 1. The maximum Gasteiger partial charge on any atom is 0.119 e. The van der Waals surface area contributed by atoms with Crippen molar-refractivity contribution in [2.75, 3.05) is 25.9 Å². The van der Waals surface area contributed by atoms with Gasteiger partial charge in [-0.25, -0.2) is 0 Å². The fourth-order valence-corrected chi connectivity index (χ4v) is 2.64. The molecule has 0 saturated heterocycles. The number of hydrogen-bond acceptors (Lipinski definition) is 4. The molecule has 0 saturated carbocycles. The van der Waals surface area contributed by atoms with Crippen LogP contribution in [0.25, 0.3) is 10.9 Å². The third-order valence-corrected chi connectivity index (χ3v) is 3.92. The lowest BCUT2D eigenvalue weighted by atomic mass is 10.2. The average Bonchev–Trinajstić information content (AvgIpc) is 2.60. The lowest BCUT2D eigenvalue weighted by Crippen LogP contribution is -2.21. The van der Waals surface area contributed by atoms with Crippen LogP contribution in [0.1, 0.15) is 12.1 Å². The fraction of sp³-hybridized carbons (Fsp3) is 0.250. The Hall–Kier alpha value is -2.59. The summed E-state index contributed by atoms with van der Waals surface area (Å²) in [6.07, 6.45) is 0.967. The highest BCUT2D eigenvalue weighted by molar-refractivity contribution is 5.78. The Balaban J connectivity index is 1.44. The van der Waals surface area contributed by atoms with E-state index in [2.05, 4.69) is 36.2 Å². The van der Waals surface area contributed by atoms with E-state index in [1.165, 1.54) is 5.39 Å². The number of aromatic nitrogens is 1. The summed E-state index contributed by atoms with van der Waals surface area (Å²) < 4.78 is 5.72. The second-order valence-corrected chi connectivity index (χ2v) is 6.00. The molecule has 0 spiro atoms. The molecular weight excluding hydrogens is 298 g/mol. The summed E-state index contributed by atoms with van der Waals surface area (Å²) in [5.74, 6) is 0.864. The Morgan fingerprint density at radius 2 is 1.79 bits per heavy atom. The molecule has 3 rings (SSSR count). The highest BCUT2D eigenvalue weighted by Crippen LogP contribution is 2.14. The number of nitrogens with two attached hydrogens (primary N) is 1. The normalized spacial score (nSPS) is 11.1. The van der Waals surface area contributed by atoms with Crippen molar-refractivity contribution < 1.29 is 4.74 Å². The maximum atomic E-state index is 5.72. The van der Waals surface area contributed by atoms with Crippen LogP contribution < -0.4 is 10.5 Å². The molecule has 4 heteroatoms. The largest absolute Gasteiger partial charge is 0.494 e. The van der Waals surface area contributed by atoms with Crippen molar-refractivity contribution >= 4 is 16.6 Å². The van der Waals surface area contributed by atoms with E-state index in [1.807, 2.05) is 36.4 Å². The molecule has 3 aromatic rings. The molecule has 124 valence electrons. The minimum absolute atomic E-state index is 0.694. The number of fused-ring (bicyclic) bond motifs is 1. The summed E-state index contributed by atoms with van der Waals surface area (Å²) in [5.41, 5.74) is 8.56. The molecule has 1 aromatic heterocycles. The zero-order valence-corrected chi connectivity index (χ0v) is 14.0. The maximum absolute atomic E-state index is 5.72. The van der Waals surface area contributed by atoms with Gasteiger partial charge in [0.25, 0.3) is 0 Å². The van der Waals surface area contributed by atoms with Gasteiger partial charge >= 0.3 is 0 Å². The van der Waals surface area contributed by atoms with Crippen LogP contribution in [0.3, 0.4) is 0 Å². The second kappa shape index (κ2) is 7.79. The number of benzene rings is 2. The third kappa shape index (κ3) is 4.46. The van der Waals surface area contributed by atoms with E-state index in [-0.39, 0.29) is 0 Å². The van der Waals surface area contributed by atoms with Crippen molar-refractivity contribution in [3.63, 3.8) is 0 Å². The van der Waals surface area contributed by atoms with Gasteiger partial charge in [-0.1, -0.05) is 24.3 Å². The van der Waals surface area contributed by atoms with Crippen LogP contribution in [0.5, 0.6) is 5.75 Å². The van der Waals surface area contributed by atoms with Gasteiger partial charge in [0.15, 0.2) is 0 Å². The minimum atomic E-state index is 0.694. The molecule has 0 bridgehead atoms. The molecule has 1 heterocycles.